The quantitative estimate of drug-likeness (QED) is 0.263. The van der Waals surface area contributed by atoms with E-state index < -0.39 is 60.2 Å². The van der Waals surface area contributed by atoms with Gasteiger partial charge in [0.15, 0.2) is 0 Å². The van der Waals surface area contributed by atoms with Gasteiger partial charge in [0.25, 0.3) is 0 Å². The molecule has 3 amide bonds. The van der Waals surface area contributed by atoms with Crippen LogP contribution in [-0.4, -0.2) is 87.5 Å². The average Bonchev–Trinajstić information content (AvgIpc) is 3.13. The zero-order chi connectivity index (χ0) is 22.1. The minimum atomic E-state index is -1.31. The van der Waals surface area contributed by atoms with Crippen molar-refractivity contribution in [3.8, 4) is 0 Å². The lowest BCUT2D eigenvalue weighted by Crippen LogP contribution is -2.56. The van der Waals surface area contributed by atoms with Crippen LogP contribution < -0.4 is 16.4 Å². The summed E-state index contributed by atoms with van der Waals surface area (Å²) in [4.78, 5) is 60.4. The molecule has 1 fully saturated rings. The lowest BCUT2D eigenvalue weighted by Gasteiger charge is -2.28. The number of aliphatic carboxylic acids is 2. The third-order valence-corrected chi connectivity index (χ3v) is 5.17. The molecule has 1 saturated heterocycles. The maximum atomic E-state index is 12.8. The number of carboxylic acid groups (broad SMARTS) is 2. The Bertz CT molecular complexity index is 645. The topological polar surface area (TPSA) is 179 Å². The van der Waals surface area contributed by atoms with E-state index in [1.165, 1.54) is 23.6 Å². The number of carboxylic acids is 2. The van der Waals surface area contributed by atoms with Gasteiger partial charge in [0, 0.05) is 6.54 Å². The van der Waals surface area contributed by atoms with Crippen LogP contribution in [0.25, 0.3) is 0 Å². The Morgan fingerprint density at radius 2 is 1.83 bits per heavy atom. The normalized spacial score (nSPS) is 19.1. The molecule has 1 heterocycles. The molecule has 0 spiro atoms. The fourth-order valence-corrected chi connectivity index (χ4v) is 3.42. The van der Waals surface area contributed by atoms with Gasteiger partial charge in [-0.05, 0) is 38.2 Å². The van der Waals surface area contributed by atoms with Crippen LogP contribution in [0, 0.1) is 0 Å². The molecule has 0 bridgehead atoms. The van der Waals surface area contributed by atoms with E-state index in [4.69, 9.17) is 10.8 Å². The first-order chi connectivity index (χ1) is 13.6. The van der Waals surface area contributed by atoms with E-state index in [1.54, 1.807) is 0 Å². The molecule has 0 aromatic heterocycles. The molecule has 0 aromatic rings. The van der Waals surface area contributed by atoms with Crippen LogP contribution in [0.15, 0.2) is 0 Å². The summed E-state index contributed by atoms with van der Waals surface area (Å²) in [6.07, 6.45) is 2.48. The molecule has 164 valence electrons. The summed E-state index contributed by atoms with van der Waals surface area (Å²) in [7, 11) is 0. The van der Waals surface area contributed by atoms with Crippen LogP contribution in [0.2, 0.25) is 0 Å². The Kier molecular flexibility index (Phi) is 9.89. The summed E-state index contributed by atoms with van der Waals surface area (Å²) in [5, 5.41) is 22.8. The second-order valence-corrected chi connectivity index (χ2v) is 7.79. The van der Waals surface area contributed by atoms with Gasteiger partial charge in [-0.1, -0.05) is 0 Å². The number of hydrogen-bond donors (Lipinski definition) is 5. The molecule has 4 unspecified atom stereocenters. The van der Waals surface area contributed by atoms with E-state index in [0.29, 0.717) is 31.6 Å². The number of carbonyl (C=O) groups excluding carboxylic acids is 3. The number of likely N-dealkylation sites (tertiary alicyclic amines) is 1. The van der Waals surface area contributed by atoms with Crippen molar-refractivity contribution >= 4 is 41.4 Å². The Morgan fingerprint density at radius 3 is 2.38 bits per heavy atom. The molecule has 1 aliphatic rings. The molecule has 4 atom stereocenters. The number of nitrogens with two attached hydrogens (primary N) is 1. The van der Waals surface area contributed by atoms with Crippen molar-refractivity contribution in [2.24, 2.45) is 5.73 Å². The second kappa shape index (κ2) is 11.6. The van der Waals surface area contributed by atoms with Gasteiger partial charge in [0.1, 0.15) is 18.1 Å². The van der Waals surface area contributed by atoms with E-state index in [0.717, 1.165) is 0 Å². The maximum Gasteiger partial charge on any atom is 0.326 e. The molecular weight excluding hydrogens is 404 g/mol. The third-order valence-electron chi connectivity index (χ3n) is 4.53. The first-order valence-corrected chi connectivity index (χ1v) is 10.6. The maximum absolute atomic E-state index is 12.8. The Morgan fingerprint density at radius 1 is 1.17 bits per heavy atom. The molecule has 0 aliphatic carbocycles. The largest absolute Gasteiger partial charge is 0.481 e. The van der Waals surface area contributed by atoms with E-state index in [-0.39, 0.29) is 0 Å². The van der Waals surface area contributed by atoms with E-state index >= 15 is 0 Å². The van der Waals surface area contributed by atoms with Gasteiger partial charge in [0.05, 0.1) is 12.5 Å². The minimum absolute atomic E-state index is 0.299. The molecule has 12 heteroatoms. The van der Waals surface area contributed by atoms with Crippen LogP contribution in [0.4, 0.5) is 0 Å². The van der Waals surface area contributed by atoms with Crippen molar-refractivity contribution in [1.82, 2.24) is 15.5 Å². The van der Waals surface area contributed by atoms with Crippen LogP contribution in [-0.2, 0) is 24.0 Å². The van der Waals surface area contributed by atoms with Crippen molar-refractivity contribution in [2.45, 2.75) is 56.8 Å². The summed E-state index contributed by atoms with van der Waals surface area (Å²) in [6.45, 7) is 1.69. The van der Waals surface area contributed by atoms with Crippen LogP contribution in [0.3, 0.4) is 0 Å². The van der Waals surface area contributed by atoms with E-state index in [1.807, 2.05) is 6.26 Å². The predicted octanol–water partition coefficient (Wildman–Crippen LogP) is -1.39. The first-order valence-electron chi connectivity index (χ1n) is 9.18. The third kappa shape index (κ3) is 7.54. The van der Waals surface area contributed by atoms with Gasteiger partial charge >= 0.3 is 11.9 Å². The summed E-state index contributed by atoms with van der Waals surface area (Å²) in [5.74, 6) is -3.69. The minimum Gasteiger partial charge on any atom is -0.481 e. The Hall–Kier alpha value is -2.34. The van der Waals surface area contributed by atoms with Crippen molar-refractivity contribution in [3.63, 3.8) is 0 Å². The van der Waals surface area contributed by atoms with Gasteiger partial charge in [-0.3, -0.25) is 19.2 Å². The standard InChI is InChI=1S/C17H28N4O7S/c1-9(19-15(25)10(18)8-13(22)23)14(24)20-11(5-7-29-2)16(26)21-6-3-4-12(21)17(27)28/h9-12H,3-8,18H2,1-2H3,(H,19,25)(H,20,24)(H,22,23)(H,27,28). The lowest BCUT2D eigenvalue weighted by molar-refractivity contribution is -0.149. The molecule has 6 N–H and O–H groups in total. The number of amides is 3. The first kappa shape index (κ1) is 24.7. The Labute approximate surface area is 172 Å². The monoisotopic (exact) mass is 432 g/mol. The predicted molar refractivity (Wildman–Crippen MR) is 105 cm³/mol. The smallest absolute Gasteiger partial charge is 0.326 e. The van der Waals surface area contributed by atoms with Gasteiger partial charge < -0.3 is 31.5 Å². The fraction of sp³-hybridized carbons (Fsp3) is 0.706. The highest BCUT2D eigenvalue weighted by atomic mass is 32.2. The molecule has 0 radical (unpaired) electrons. The van der Waals surface area contributed by atoms with Crippen molar-refractivity contribution in [2.75, 3.05) is 18.6 Å². The highest BCUT2D eigenvalue weighted by molar-refractivity contribution is 7.98. The molecule has 0 saturated carbocycles. The lowest BCUT2D eigenvalue weighted by atomic mass is 10.1. The van der Waals surface area contributed by atoms with Crippen LogP contribution in [0.1, 0.15) is 32.6 Å². The number of nitrogens with one attached hydrogen (secondary N) is 2. The highest BCUT2D eigenvalue weighted by Gasteiger charge is 2.37. The average molecular weight is 432 g/mol. The highest BCUT2D eigenvalue weighted by Crippen LogP contribution is 2.19. The molecule has 1 rings (SSSR count). The Balaban J connectivity index is 2.77. The number of hydrogen-bond acceptors (Lipinski definition) is 7. The summed E-state index contributed by atoms with van der Waals surface area (Å²) in [6, 6.07) is -4.21. The zero-order valence-electron chi connectivity index (χ0n) is 16.4. The van der Waals surface area contributed by atoms with Crippen molar-refractivity contribution in [1.29, 1.82) is 0 Å². The summed E-state index contributed by atoms with van der Waals surface area (Å²) >= 11 is 1.47. The molecule has 1 aliphatic heterocycles. The number of rotatable bonds is 11. The molecule has 29 heavy (non-hydrogen) atoms. The van der Waals surface area contributed by atoms with Gasteiger partial charge in [-0.2, -0.15) is 11.8 Å². The summed E-state index contributed by atoms with van der Waals surface area (Å²) in [5.41, 5.74) is 5.46. The molecular formula is C17H28N4O7S. The summed E-state index contributed by atoms with van der Waals surface area (Å²) < 4.78 is 0. The van der Waals surface area contributed by atoms with Gasteiger partial charge in [-0.25, -0.2) is 4.79 Å². The van der Waals surface area contributed by atoms with Crippen molar-refractivity contribution < 1.29 is 34.2 Å². The fourth-order valence-electron chi connectivity index (χ4n) is 2.94. The molecule has 11 nitrogen and oxygen atoms in total. The molecule has 0 aromatic carbocycles. The zero-order valence-corrected chi connectivity index (χ0v) is 17.2. The number of nitrogens with zero attached hydrogens (tertiary/aromatic N) is 1. The number of thioether (sulfide) groups is 1. The van der Waals surface area contributed by atoms with Gasteiger partial charge in [-0.15, -0.1) is 0 Å². The van der Waals surface area contributed by atoms with Gasteiger partial charge in [0.2, 0.25) is 17.7 Å². The van der Waals surface area contributed by atoms with Crippen LogP contribution in [0.5, 0.6) is 0 Å². The number of carbonyl (C=O) groups is 5. The van der Waals surface area contributed by atoms with E-state index in [9.17, 15) is 29.1 Å². The van der Waals surface area contributed by atoms with E-state index in [2.05, 4.69) is 10.6 Å². The van der Waals surface area contributed by atoms with Crippen molar-refractivity contribution in [3.05, 3.63) is 0 Å². The van der Waals surface area contributed by atoms with Crippen LogP contribution >= 0.6 is 11.8 Å². The SMILES string of the molecule is CSCCC(NC(=O)C(C)NC(=O)C(N)CC(=O)O)C(=O)N1CCCC1C(=O)O. The second-order valence-electron chi connectivity index (χ2n) is 6.81.